The van der Waals surface area contributed by atoms with Crippen LogP contribution in [-0.2, 0) is 24.4 Å². The lowest BCUT2D eigenvalue weighted by atomic mass is 10.0. The fraction of sp³-hybridized carbons (Fsp3) is 0.379. The van der Waals surface area contributed by atoms with Crippen LogP contribution in [0.5, 0.6) is 11.5 Å². The summed E-state index contributed by atoms with van der Waals surface area (Å²) in [7, 11) is 0. The van der Waals surface area contributed by atoms with E-state index < -0.39 is 11.9 Å². The maximum absolute atomic E-state index is 13.3. The van der Waals surface area contributed by atoms with Gasteiger partial charge in [0.1, 0.15) is 11.7 Å². The van der Waals surface area contributed by atoms with Gasteiger partial charge in [0.15, 0.2) is 17.2 Å². The van der Waals surface area contributed by atoms with Gasteiger partial charge in [0.05, 0.1) is 0 Å². The van der Waals surface area contributed by atoms with E-state index in [4.69, 9.17) is 9.47 Å². The summed E-state index contributed by atoms with van der Waals surface area (Å²) < 4.78 is 12.3. The van der Waals surface area contributed by atoms with Crippen LogP contribution in [0.4, 0.5) is 0 Å². The second-order valence-corrected chi connectivity index (χ2v) is 10.3. The lowest BCUT2D eigenvalue weighted by Crippen LogP contribution is -2.47. The summed E-state index contributed by atoms with van der Waals surface area (Å²) >= 11 is 0. The van der Waals surface area contributed by atoms with Gasteiger partial charge < -0.3 is 25.0 Å². The Morgan fingerprint density at radius 2 is 1.79 bits per heavy atom. The van der Waals surface area contributed by atoms with Gasteiger partial charge >= 0.3 is 0 Å². The third kappa shape index (κ3) is 6.22. The van der Waals surface area contributed by atoms with Crippen molar-refractivity contribution in [3.63, 3.8) is 0 Å². The first-order chi connectivity index (χ1) is 18.9. The minimum Gasteiger partial charge on any atom is -0.454 e. The number of carbonyl (C=O) groups excluding carboxylic acids is 3. The quantitative estimate of drug-likeness (QED) is 0.439. The first-order valence-corrected chi connectivity index (χ1v) is 13.3. The van der Waals surface area contributed by atoms with Gasteiger partial charge in [-0.05, 0) is 42.0 Å². The third-order valence-electron chi connectivity index (χ3n) is 6.77. The summed E-state index contributed by atoms with van der Waals surface area (Å²) in [5.41, 5.74) is 2.40. The van der Waals surface area contributed by atoms with Crippen LogP contribution in [0, 0.1) is 5.92 Å². The Morgan fingerprint density at radius 1 is 1.00 bits per heavy atom. The predicted molar refractivity (Wildman–Crippen MR) is 143 cm³/mol. The van der Waals surface area contributed by atoms with Crippen molar-refractivity contribution < 1.29 is 23.9 Å². The monoisotopic (exact) mass is 531 g/mol. The molecule has 204 valence electrons. The number of nitrogens with one attached hydrogen (secondary N) is 2. The molecular weight excluding hydrogens is 498 g/mol. The average molecular weight is 532 g/mol. The minimum atomic E-state index is -0.752. The first-order valence-electron chi connectivity index (χ1n) is 13.3. The van der Waals surface area contributed by atoms with Crippen LogP contribution in [0.1, 0.15) is 58.8 Å². The van der Waals surface area contributed by atoms with Crippen molar-refractivity contribution in [1.29, 1.82) is 0 Å². The van der Waals surface area contributed by atoms with E-state index in [2.05, 4.69) is 15.7 Å². The molecule has 0 saturated heterocycles. The molecule has 1 aromatic heterocycles. The van der Waals surface area contributed by atoms with Crippen molar-refractivity contribution in [2.45, 2.75) is 52.4 Å². The lowest BCUT2D eigenvalue weighted by molar-refractivity contribution is -0.123. The van der Waals surface area contributed by atoms with E-state index in [1.54, 1.807) is 9.58 Å². The molecule has 10 heteroatoms. The predicted octanol–water partition coefficient (Wildman–Crippen LogP) is 3.12. The highest BCUT2D eigenvalue weighted by Gasteiger charge is 2.28. The van der Waals surface area contributed by atoms with Gasteiger partial charge in [0, 0.05) is 32.2 Å². The fourth-order valence-corrected chi connectivity index (χ4v) is 4.80. The van der Waals surface area contributed by atoms with Crippen LogP contribution in [0.2, 0.25) is 0 Å². The SMILES string of the molecule is CC(C)C[C@H](NC(=O)c1cc2n(n1)CCCN(Cc1ccccc1)C2=O)C(=O)NCc1ccc2c(c1)OCO2. The molecule has 0 bridgehead atoms. The summed E-state index contributed by atoms with van der Waals surface area (Å²) in [6, 6.07) is 16.1. The normalized spacial score (nSPS) is 15.1. The van der Waals surface area contributed by atoms with Crippen LogP contribution in [0.25, 0.3) is 0 Å². The maximum atomic E-state index is 13.3. The number of hydrogen-bond donors (Lipinski definition) is 2. The highest BCUT2D eigenvalue weighted by atomic mass is 16.7. The van der Waals surface area contributed by atoms with Gasteiger partial charge in [0.25, 0.3) is 11.8 Å². The van der Waals surface area contributed by atoms with Gasteiger partial charge in [0.2, 0.25) is 12.7 Å². The standard InChI is InChI=1S/C29H33N5O5/c1-19(2)13-22(27(35)30-16-21-9-10-25-26(14-21)39-18-38-25)31-28(36)23-15-24-29(37)33(11-6-12-34(24)32-23)17-20-7-4-3-5-8-20/h3-5,7-10,14-15,19,22H,6,11-13,16-18H2,1-2H3,(H,30,35)(H,31,36)/t22-/m0/s1. The Hall–Kier alpha value is -4.34. The van der Waals surface area contributed by atoms with Crippen LogP contribution < -0.4 is 20.1 Å². The van der Waals surface area contributed by atoms with E-state index >= 15 is 0 Å². The average Bonchev–Trinajstić information content (AvgIpc) is 3.55. The number of aryl methyl sites for hydroxylation is 1. The van der Waals surface area contributed by atoms with Crippen molar-refractivity contribution in [3.8, 4) is 11.5 Å². The minimum absolute atomic E-state index is 0.122. The fourth-order valence-electron chi connectivity index (χ4n) is 4.80. The molecule has 39 heavy (non-hydrogen) atoms. The van der Waals surface area contributed by atoms with Crippen LogP contribution >= 0.6 is 0 Å². The summed E-state index contributed by atoms with van der Waals surface area (Å²) in [6.07, 6.45) is 1.18. The van der Waals surface area contributed by atoms with E-state index in [1.807, 2.05) is 62.4 Å². The molecule has 0 spiro atoms. The van der Waals surface area contributed by atoms with E-state index in [1.165, 1.54) is 6.07 Å². The molecule has 2 aliphatic rings. The Bertz CT molecular complexity index is 1350. The molecule has 0 saturated carbocycles. The molecule has 10 nitrogen and oxygen atoms in total. The second kappa shape index (κ2) is 11.6. The molecule has 1 atom stereocenters. The Kier molecular flexibility index (Phi) is 7.81. The molecule has 0 unspecified atom stereocenters. The zero-order valence-corrected chi connectivity index (χ0v) is 22.2. The van der Waals surface area contributed by atoms with E-state index in [0.717, 1.165) is 17.5 Å². The smallest absolute Gasteiger partial charge is 0.272 e. The summed E-state index contributed by atoms with van der Waals surface area (Å²) in [6.45, 7) is 6.08. The zero-order chi connectivity index (χ0) is 27.4. The van der Waals surface area contributed by atoms with Gasteiger partial charge in [-0.1, -0.05) is 50.2 Å². The highest BCUT2D eigenvalue weighted by molar-refractivity contribution is 5.99. The number of aromatic nitrogens is 2. The van der Waals surface area contributed by atoms with Crippen LogP contribution in [-0.4, -0.2) is 51.8 Å². The molecular formula is C29H33N5O5. The topological polar surface area (TPSA) is 115 Å². The van der Waals surface area contributed by atoms with Crippen molar-refractivity contribution in [3.05, 3.63) is 77.1 Å². The van der Waals surface area contributed by atoms with Crippen molar-refractivity contribution >= 4 is 17.7 Å². The maximum Gasteiger partial charge on any atom is 0.272 e. The summed E-state index contributed by atoms with van der Waals surface area (Å²) in [4.78, 5) is 41.4. The number of hydrogen-bond acceptors (Lipinski definition) is 6. The van der Waals surface area contributed by atoms with Gasteiger partial charge in [-0.25, -0.2) is 0 Å². The molecule has 3 heterocycles. The second-order valence-electron chi connectivity index (χ2n) is 10.3. The van der Waals surface area contributed by atoms with Crippen molar-refractivity contribution in [2.24, 2.45) is 5.92 Å². The first kappa shape index (κ1) is 26.3. The number of amides is 3. The number of fused-ring (bicyclic) bond motifs is 2. The lowest BCUT2D eigenvalue weighted by Gasteiger charge is -2.20. The van der Waals surface area contributed by atoms with Crippen LogP contribution in [0.15, 0.2) is 54.6 Å². The number of nitrogens with zero attached hydrogens (tertiary/aromatic N) is 3. The Morgan fingerprint density at radius 3 is 2.59 bits per heavy atom. The zero-order valence-electron chi connectivity index (χ0n) is 22.2. The Balaban J connectivity index is 1.25. The molecule has 2 N–H and O–H groups in total. The molecule has 5 rings (SSSR count). The molecule has 0 aliphatic carbocycles. The number of benzene rings is 2. The third-order valence-corrected chi connectivity index (χ3v) is 6.77. The van der Waals surface area contributed by atoms with E-state index in [9.17, 15) is 14.4 Å². The molecule has 2 aromatic carbocycles. The summed E-state index contributed by atoms with van der Waals surface area (Å²) in [5, 5.41) is 10.2. The van der Waals surface area contributed by atoms with Crippen molar-refractivity contribution in [1.82, 2.24) is 25.3 Å². The molecule has 3 amide bonds. The van der Waals surface area contributed by atoms with Gasteiger partial charge in [-0.15, -0.1) is 0 Å². The van der Waals surface area contributed by atoms with E-state index in [-0.39, 0.29) is 36.8 Å². The highest BCUT2D eigenvalue weighted by Crippen LogP contribution is 2.32. The largest absolute Gasteiger partial charge is 0.454 e. The van der Waals surface area contributed by atoms with Gasteiger partial charge in [-0.2, -0.15) is 5.10 Å². The van der Waals surface area contributed by atoms with E-state index in [0.29, 0.717) is 43.2 Å². The van der Waals surface area contributed by atoms with Crippen LogP contribution in [0.3, 0.4) is 0 Å². The molecule has 0 fully saturated rings. The summed E-state index contributed by atoms with van der Waals surface area (Å²) in [5.74, 6) is 0.546. The molecule has 0 radical (unpaired) electrons. The number of rotatable bonds is 9. The van der Waals surface area contributed by atoms with Gasteiger partial charge in [-0.3, -0.25) is 19.1 Å². The molecule has 2 aliphatic heterocycles. The molecule has 3 aromatic rings. The van der Waals surface area contributed by atoms with Crippen molar-refractivity contribution in [2.75, 3.05) is 13.3 Å². The number of carbonyl (C=O) groups is 3. The Labute approximate surface area is 227 Å². The number of ether oxygens (including phenoxy) is 2.